The first kappa shape index (κ1) is 12.6. The van der Waals surface area contributed by atoms with Crippen LogP contribution in [-0.4, -0.2) is 30.4 Å². The number of amides is 1. The highest BCUT2D eigenvalue weighted by Crippen LogP contribution is 2.23. The number of carbonyl (C=O) groups is 2. The average Bonchev–Trinajstić information content (AvgIpc) is 2.35. The minimum absolute atomic E-state index is 0.283. The van der Waals surface area contributed by atoms with Gasteiger partial charge in [-0.1, -0.05) is 30.3 Å². The molecule has 1 saturated carbocycles. The second-order valence-corrected chi connectivity index (χ2v) is 4.73. The first-order valence-corrected chi connectivity index (χ1v) is 6.08. The van der Waals surface area contributed by atoms with Gasteiger partial charge in [0.15, 0.2) is 0 Å². The van der Waals surface area contributed by atoms with Crippen molar-refractivity contribution in [3.05, 3.63) is 35.9 Å². The summed E-state index contributed by atoms with van der Waals surface area (Å²) in [7, 11) is 1.70. The van der Waals surface area contributed by atoms with Gasteiger partial charge < -0.3 is 9.64 Å². The summed E-state index contributed by atoms with van der Waals surface area (Å²) < 4.78 is 5.19. The maximum absolute atomic E-state index is 11.7. The number of ketones is 1. The molecule has 0 bridgehead atoms. The van der Waals surface area contributed by atoms with Crippen molar-refractivity contribution in [2.75, 3.05) is 13.6 Å². The molecule has 1 amide bonds. The van der Waals surface area contributed by atoms with E-state index in [1.165, 1.54) is 0 Å². The van der Waals surface area contributed by atoms with Gasteiger partial charge in [0.05, 0.1) is 0 Å². The average molecular weight is 247 g/mol. The van der Waals surface area contributed by atoms with Gasteiger partial charge in [-0.2, -0.15) is 0 Å². The topological polar surface area (TPSA) is 46.6 Å². The molecule has 0 unspecified atom stereocenters. The number of carbonyl (C=O) groups excluding carboxylic acids is 2. The Morgan fingerprint density at radius 1 is 1.33 bits per heavy atom. The number of rotatable bonds is 4. The molecule has 18 heavy (non-hydrogen) atoms. The lowest BCUT2D eigenvalue weighted by Crippen LogP contribution is -2.37. The summed E-state index contributed by atoms with van der Waals surface area (Å²) in [5, 5.41) is 0. The molecule has 0 saturated heterocycles. The summed E-state index contributed by atoms with van der Waals surface area (Å²) in [5.41, 5.74) is 0.970. The van der Waals surface area contributed by atoms with Gasteiger partial charge in [-0.3, -0.25) is 4.79 Å². The molecule has 0 radical (unpaired) electrons. The molecule has 4 nitrogen and oxygen atoms in total. The molecule has 0 atom stereocenters. The monoisotopic (exact) mass is 247 g/mol. The van der Waals surface area contributed by atoms with Crippen LogP contribution in [0, 0.1) is 5.92 Å². The SMILES string of the molecule is CN(CC1CC(=O)C1)C(=O)OCc1ccccc1. The van der Waals surface area contributed by atoms with Crippen molar-refractivity contribution in [1.82, 2.24) is 4.90 Å². The number of hydrogen-bond donors (Lipinski definition) is 0. The summed E-state index contributed by atoms with van der Waals surface area (Å²) in [6.07, 6.45) is 0.852. The maximum atomic E-state index is 11.7. The molecule has 2 rings (SSSR count). The molecule has 0 spiro atoms. The number of hydrogen-bond acceptors (Lipinski definition) is 3. The molecule has 1 aliphatic carbocycles. The number of nitrogens with zero attached hydrogens (tertiary/aromatic N) is 1. The van der Waals surface area contributed by atoms with Crippen LogP contribution in [0.4, 0.5) is 4.79 Å². The van der Waals surface area contributed by atoms with Gasteiger partial charge in [0.1, 0.15) is 12.4 Å². The zero-order chi connectivity index (χ0) is 13.0. The molecule has 96 valence electrons. The highest BCUT2D eigenvalue weighted by molar-refractivity contribution is 5.84. The van der Waals surface area contributed by atoms with E-state index in [0.717, 1.165) is 5.56 Å². The Labute approximate surface area is 107 Å². The lowest BCUT2D eigenvalue weighted by molar-refractivity contribution is -0.127. The predicted octanol–water partition coefficient (Wildman–Crippen LogP) is 2.23. The van der Waals surface area contributed by atoms with Gasteiger partial charge in [-0.05, 0) is 11.5 Å². The highest BCUT2D eigenvalue weighted by Gasteiger charge is 2.28. The normalized spacial score (nSPS) is 15.1. The van der Waals surface area contributed by atoms with Crippen LogP contribution in [-0.2, 0) is 16.1 Å². The molecule has 1 fully saturated rings. The van der Waals surface area contributed by atoms with Crippen LogP contribution in [0.25, 0.3) is 0 Å². The molecular weight excluding hydrogens is 230 g/mol. The van der Waals surface area contributed by atoms with Crippen molar-refractivity contribution in [2.24, 2.45) is 5.92 Å². The summed E-state index contributed by atoms with van der Waals surface area (Å²) in [4.78, 5) is 24.1. The van der Waals surface area contributed by atoms with Crippen LogP contribution in [0.1, 0.15) is 18.4 Å². The third-order valence-corrected chi connectivity index (χ3v) is 3.08. The molecule has 0 heterocycles. The summed E-state index contributed by atoms with van der Waals surface area (Å²) in [6.45, 7) is 0.882. The second kappa shape index (κ2) is 5.67. The molecule has 0 aliphatic heterocycles. The molecule has 4 heteroatoms. The van der Waals surface area contributed by atoms with Gasteiger partial charge in [0.2, 0.25) is 0 Å². The lowest BCUT2D eigenvalue weighted by atomic mass is 9.84. The van der Waals surface area contributed by atoms with Crippen molar-refractivity contribution in [3.8, 4) is 0 Å². The van der Waals surface area contributed by atoms with E-state index in [1.54, 1.807) is 11.9 Å². The molecule has 0 N–H and O–H groups in total. The molecule has 1 aromatic rings. The van der Waals surface area contributed by atoms with Crippen molar-refractivity contribution in [3.63, 3.8) is 0 Å². The maximum Gasteiger partial charge on any atom is 0.409 e. The minimum Gasteiger partial charge on any atom is -0.445 e. The number of Topliss-reactive ketones (excluding diaryl/α,β-unsaturated/α-hetero) is 1. The van der Waals surface area contributed by atoms with E-state index in [0.29, 0.717) is 25.3 Å². The van der Waals surface area contributed by atoms with Crippen LogP contribution >= 0.6 is 0 Å². The van der Waals surface area contributed by atoms with E-state index < -0.39 is 0 Å². The minimum atomic E-state index is -0.335. The number of ether oxygens (including phenoxy) is 1. The van der Waals surface area contributed by atoms with Crippen molar-refractivity contribution in [2.45, 2.75) is 19.4 Å². The quantitative estimate of drug-likeness (QED) is 0.819. The Morgan fingerprint density at radius 3 is 2.61 bits per heavy atom. The van der Waals surface area contributed by atoms with Crippen molar-refractivity contribution >= 4 is 11.9 Å². The summed E-state index contributed by atoms with van der Waals surface area (Å²) >= 11 is 0. The van der Waals surface area contributed by atoms with Gasteiger partial charge >= 0.3 is 6.09 Å². The Balaban J connectivity index is 1.72. The van der Waals surface area contributed by atoms with E-state index in [4.69, 9.17) is 4.74 Å². The summed E-state index contributed by atoms with van der Waals surface area (Å²) in [5.74, 6) is 0.595. The third-order valence-electron chi connectivity index (χ3n) is 3.08. The fourth-order valence-corrected chi connectivity index (χ4v) is 2.00. The van der Waals surface area contributed by atoms with Crippen molar-refractivity contribution < 1.29 is 14.3 Å². The van der Waals surface area contributed by atoms with Crippen LogP contribution in [0.15, 0.2) is 30.3 Å². The van der Waals surface area contributed by atoms with Gasteiger partial charge in [-0.25, -0.2) is 4.79 Å². The van der Waals surface area contributed by atoms with E-state index >= 15 is 0 Å². The summed E-state index contributed by atoms with van der Waals surface area (Å²) in [6, 6.07) is 9.57. The molecule has 1 aliphatic rings. The second-order valence-electron chi connectivity index (χ2n) is 4.73. The number of benzene rings is 1. The molecule has 1 aromatic carbocycles. The van der Waals surface area contributed by atoms with E-state index in [1.807, 2.05) is 30.3 Å². The largest absolute Gasteiger partial charge is 0.445 e. The van der Waals surface area contributed by atoms with Crippen LogP contribution in [0.2, 0.25) is 0 Å². The van der Waals surface area contributed by atoms with Gasteiger partial charge in [0.25, 0.3) is 0 Å². The first-order chi connectivity index (χ1) is 8.65. The Hall–Kier alpha value is -1.84. The fraction of sp³-hybridized carbons (Fsp3) is 0.429. The van der Waals surface area contributed by atoms with Gasteiger partial charge in [0, 0.05) is 26.4 Å². The first-order valence-electron chi connectivity index (χ1n) is 6.08. The Morgan fingerprint density at radius 2 is 2.00 bits per heavy atom. The zero-order valence-electron chi connectivity index (χ0n) is 10.5. The smallest absolute Gasteiger partial charge is 0.409 e. The predicted molar refractivity (Wildman–Crippen MR) is 67.0 cm³/mol. The Kier molecular flexibility index (Phi) is 3.97. The van der Waals surface area contributed by atoms with E-state index in [-0.39, 0.29) is 18.5 Å². The standard InChI is InChI=1S/C14H17NO3/c1-15(9-12-7-13(16)8-12)14(17)18-10-11-5-3-2-4-6-11/h2-6,12H,7-10H2,1H3. The fourth-order valence-electron chi connectivity index (χ4n) is 2.00. The lowest BCUT2D eigenvalue weighted by Gasteiger charge is -2.28. The van der Waals surface area contributed by atoms with E-state index in [2.05, 4.69) is 0 Å². The van der Waals surface area contributed by atoms with Crippen LogP contribution in [0.5, 0.6) is 0 Å². The third kappa shape index (κ3) is 3.32. The highest BCUT2D eigenvalue weighted by atomic mass is 16.6. The zero-order valence-corrected chi connectivity index (χ0v) is 10.5. The van der Waals surface area contributed by atoms with Crippen LogP contribution in [0.3, 0.4) is 0 Å². The Bertz CT molecular complexity index is 422. The van der Waals surface area contributed by atoms with Crippen LogP contribution < -0.4 is 0 Å². The molecular formula is C14H17NO3. The molecule has 0 aromatic heterocycles. The van der Waals surface area contributed by atoms with Gasteiger partial charge in [-0.15, -0.1) is 0 Å². The van der Waals surface area contributed by atoms with E-state index in [9.17, 15) is 9.59 Å². The van der Waals surface area contributed by atoms with Crippen molar-refractivity contribution in [1.29, 1.82) is 0 Å².